The molecular weight excluding hydrogens is 271 g/mol. The van der Waals surface area contributed by atoms with E-state index >= 15 is 0 Å². The molecule has 1 amide bonds. The molecule has 19 heavy (non-hydrogen) atoms. The molecule has 1 aromatic rings. The number of carbonyl (C=O) groups is 1. The molecule has 0 saturated heterocycles. The molecule has 0 N–H and O–H groups in total. The van der Waals surface area contributed by atoms with Crippen LogP contribution in [-0.2, 0) is 14.8 Å². The molecule has 5 nitrogen and oxygen atoms in total. The Morgan fingerprint density at radius 2 is 1.89 bits per heavy atom. The summed E-state index contributed by atoms with van der Waals surface area (Å²) in [7, 11) is -0.628. The number of hydrogen-bond acceptors (Lipinski definition) is 3. The minimum Gasteiger partial charge on any atom is -0.347 e. The fourth-order valence-electron chi connectivity index (χ4n) is 1.79. The first kappa shape index (κ1) is 15.4. The fourth-order valence-corrected chi connectivity index (χ4v) is 2.95. The smallest absolute Gasteiger partial charge is 0.245 e. The average Bonchev–Trinajstić information content (AvgIpc) is 2.26. The zero-order chi connectivity index (χ0) is 14.8. The number of hydrogen-bond donors (Lipinski definition) is 0. The number of likely N-dealkylation sites (N-methyl/N-ethyl adjacent to an activating group) is 1. The van der Waals surface area contributed by atoms with E-state index in [-0.39, 0.29) is 11.6 Å². The summed E-state index contributed by atoms with van der Waals surface area (Å²) in [5, 5.41) is 0. The number of anilines is 1. The van der Waals surface area contributed by atoms with Crippen molar-refractivity contribution in [3.8, 4) is 0 Å². The summed E-state index contributed by atoms with van der Waals surface area (Å²) >= 11 is 0. The van der Waals surface area contributed by atoms with E-state index in [0.717, 1.165) is 16.6 Å². The average molecular weight is 288 g/mol. The van der Waals surface area contributed by atoms with E-state index in [1.165, 1.54) is 44.1 Å². The molecule has 0 spiro atoms. The van der Waals surface area contributed by atoms with Crippen LogP contribution in [0.1, 0.15) is 6.92 Å². The Hall–Kier alpha value is -1.63. The lowest BCUT2D eigenvalue weighted by atomic mass is 10.2. The number of amides is 1. The third-order valence-corrected chi connectivity index (χ3v) is 3.81. The summed E-state index contributed by atoms with van der Waals surface area (Å²) in [6.07, 6.45) is 0.983. The van der Waals surface area contributed by atoms with Gasteiger partial charge in [-0.25, -0.2) is 12.8 Å². The van der Waals surface area contributed by atoms with Gasteiger partial charge >= 0.3 is 0 Å². The van der Waals surface area contributed by atoms with Gasteiger partial charge in [-0.2, -0.15) is 0 Å². The first-order chi connectivity index (χ1) is 8.64. The minimum absolute atomic E-state index is 0.130. The van der Waals surface area contributed by atoms with Crippen molar-refractivity contribution in [2.75, 3.05) is 24.7 Å². The second-order valence-electron chi connectivity index (χ2n) is 4.45. The Bertz CT molecular complexity index is 572. The van der Waals surface area contributed by atoms with E-state index < -0.39 is 21.9 Å². The van der Waals surface area contributed by atoms with Crippen molar-refractivity contribution < 1.29 is 17.6 Å². The van der Waals surface area contributed by atoms with Gasteiger partial charge in [-0.3, -0.25) is 9.10 Å². The van der Waals surface area contributed by atoms with Crippen molar-refractivity contribution >= 4 is 21.6 Å². The highest BCUT2D eigenvalue weighted by molar-refractivity contribution is 7.92. The van der Waals surface area contributed by atoms with Gasteiger partial charge < -0.3 is 4.90 Å². The van der Waals surface area contributed by atoms with Crippen LogP contribution < -0.4 is 4.31 Å². The lowest BCUT2D eigenvalue weighted by Gasteiger charge is -2.29. The molecule has 1 atom stereocenters. The van der Waals surface area contributed by atoms with Crippen molar-refractivity contribution in [1.29, 1.82) is 0 Å². The van der Waals surface area contributed by atoms with Crippen molar-refractivity contribution in [3.05, 3.63) is 30.1 Å². The summed E-state index contributed by atoms with van der Waals surface area (Å²) in [6, 6.07) is 4.20. The first-order valence-electron chi connectivity index (χ1n) is 5.60. The normalized spacial score (nSPS) is 12.9. The van der Waals surface area contributed by atoms with Crippen LogP contribution in [-0.4, -0.2) is 45.6 Å². The van der Waals surface area contributed by atoms with Crippen molar-refractivity contribution in [1.82, 2.24) is 4.90 Å². The largest absolute Gasteiger partial charge is 0.347 e. The maximum atomic E-state index is 13.2. The molecule has 1 unspecified atom stereocenters. The topological polar surface area (TPSA) is 57.7 Å². The summed E-state index contributed by atoms with van der Waals surface area (Å²) < 4.78 is 37.8. The zero-order valence-corrected chi connectivity index (χ0v) is 12.1. The van der Waals surface area contributed by atoms with Crippen molar-refractivity contribution in [3.63, 3.8) is 0 Å². The Labute approximate surface area is 112 Å². The molecule has 106 valence electrons. The minimum atomic E-state index is -3.69. The van der Waals surface area contributed by atoms with Crippen LogP contribution in [0.4, 0.5) is 10.1 Å². The number of carbonyl (C=O) groups excluding carboxylic acids is 1. The monoisotopic (exact) mass is 288 g/mol. The predicted molar refractivity (Wildman–Crippen MR) is 71.9 cm³/mol. The molecule has 0 aliphatic heterocycles. The van der Waals surface area contributed by atoms with E-state index in [4.69, 9.17) is 0 Å². The van der Waals surface area contributed by atoms with E-state index in [9.17, 15) is 17.6 Å². The van der Waals surface area contributed by atoms with Crippen LogP contribution in [0.2, 0.25) is 0 Å². The second kappa shape index (κ2) is 5.56. The van der Waals surface area contributed by atoms with Crippen LogP contribution in [0.3, 0.4) is 0 Å². The maximum absolute atomic E-state index is 13.2. The Kier molecular flexibility index (Phi) is 4.52. The highest BCUT2D eigenvalue weighted by Gasteiger charge is 2.30. The molecule has 0 bridgehead atoms. The Balaban J connectivity index is 3.28. The van der Waals surface area contributed by atoms with Crippen LogP contribution in [0.25, 0.3) is 0 Å². The van der Waals surface area contributed by atoms with Gasteiger partial charge in [0.2, 0.25) is 15.9 Å². The molecule has 0 saturated carbocycles. The fraction of sp³-hybridized carbons (Fsp3) is 0.417. The van der Waals surface area contributed by atoms with Gasteiger partial charge in [0.15, 0.2) is 0 Å². The molecule has 0 aliphatic rings. The summed E-state index contributed by atoms with van der Waals surface area (Å²) in [6.45, 7) is 1.47. The van der Waals surface area contributed by atoms with E-state index in [2.05, 4.69) is 0 Å². The van der Waals surface area contributed by atoms with Crippen molar-refractivity contribution in [2.45, 2.75) is 13.0 Å². The third kappa shape index (κ3) is 3.66. The first-order valence-corrected chi connectivity index (χ1v) is 7.45. The highest BCUT2D eigenvalue weighted by atomic mass is 32.2. The molecule has 0 fully saturated rings. The molecule has 0 aliphatic carbocycles. The van der Waals surface area contributed by atoms with Gasteiger partial charge in [-0.05, 0) is 25.1 Å². The second-order valence-corrected chi connectivity index (χ2v) is 6.31. The number of rotatable bonds is 4. The number of halogens is 1. The molecular formula is C12H17FN2O3S. The van der Waals surface area contributed by atoms with Gasteiger partial charge in [-0.15, -0.1) is 0 Å². The summed E-state index contributed by atoms with van der Waals surface area (Å²) in [5.74, 6) is -0.940. The molecule has 0 aromatic heterocycles. The molecule has 1 aromatic carbocycles. The molecule has 0 radical (unpaired) electrons. The predicted octanol–water partition coefficient (Wildman–Crippen LogP) is 1.07. The van der Waals surface area contributed by atoms with Crippen LogP contribution in [0.15, 0.2) is 24.3 Å². The summed E-state index contributed by atoms with van der Waals surface area (Å²) in [4.78, 5) is 13.2. The van der Waals surface area contributed by atoms with Gasteiger partial charge in [-0.1, -0.05) is 6.07 Å². The van der Waals surface area contributed by atoms with Gasteiger partial charge in [0, 0.05) is 14.1 Å². The number of sulfonamides is 1. The van der Waals surface area contributed by atoms with Gasteiger partial charge in [0.25, 0.3) is 0 Å². The zero-order valence-electron chi connectivity index (χ0n) is 11.3. The lowest BCUT2D eigenvalue weighted by Crippen LogP contribution is -2.47. The number of nitrogens with zero attached hydrogens (tertiary/aromatic N) is 2. The van der Waals surface area contributed by atoms with E-state index in [0.29, 0.717) is 0 Å². The SMILES string of the molecule is CC(C(=O)N(C)C)N(c1cccc(F)c1)S(C)(=O)=O. The van der Waals surface area contributed by atoms with Crippen LogP contribution in [0, 0.1) is 5.82 Å². The van der Waals surface area contributed by atoms with E-state index in [1.807, 2.05) is 0 Å². The van der Waals surface area contributed by atoms with Crippen LogP contribution in [0.5, 0.6) is 0 Å². The molecule has 0 heterocycles. The Morgan fingerprint density at radius 1 is 1.32 bits per heavy atom. The standard InChI is InChI=1S/C12H17FN2O3S/c1-9(12(16)14(2)3)15(19(4,17)18)11-7-5-6-10(13)8-11/h5-9H,1-4H3. The summed E-state index contributed by atoms with van der Waals surface area (Å²) in [5.41, 5.74) is 0.130. The van der Waals surface area contributed by atoms with Crippen LogP contribution >= 0.6 is 0 Å². The Morgan fingerprint density at radius 3 is 2.32 bits per heavy atom. The number of benzene rings is 1. The molecule has 7 heteroatoms. The molecule has 1 rings (SSSR count). The highest BCUT2D eigenvalue weighted by Crippen LogP contribution is 2.22. The van der Waals surface area contributed by atoms with Gasteiger partial charge in [0.05, 0.1) is 11.9 Å². The van der Waals surface area contributed by atoms with Crippen molar-refractivity contribution in [2.24, 2.45) is 0 Å². The van der Waals surface area contributed by atoms with E-state index in [1.54, 1.807) is 0 Å². The quantitative estimate of drug-likeness (QED) is 0.832. The van der Waals surface area contributed by atoms with Gasteiger partial charge in [0.1, 0.15) is 11.9 Å². The lowest BCUT2D eigenvalue weighted by molar-refractivity contribution is -0.129. The third-order valence-electron chi connectivity index (χ3n) is 2.57. The maximum Gasteiger partial charge on any atom is 0.245 e.